The van der Waals surface area contributed by atoms with Crippen molar-refractivity contribution < 1.29 is 18.3 Å². The van der Waals surface area contributed by atoms with Gasteiger partial charge >= 0.3 is 0 Å². The highest BCUT2D eigenvalue weighted by Crippen LogP contribution is 2.25. The Labute approximate surface area is 111 Å². The van der Waals surface area contributed by atoms with Crippen LogP contribution in [0.5, 0.6) is 0 Å². The molecule has 0 bridgehead atoms. The molecule has 0 radical (unpaired) electrons. The summed E-state index contributed by atoms with van der Waals surface area (Å²) in [6, 6.07) is 5.03. The lowest BCUT2D eigenvalue weighted by atomic mass is 10.1. The second kappa shape index (κ2) is 6.92. The van der Waals surface area contributed by atoms with Crippen molar-refractivity contribution in [1.29, 1.82) is 0 Å². The second-order valence-corrected chi connectivity index (χ2v) is 4.49. The molecule has 0 amide bonds. The lowest BCUT2D eigenvalue weighted by Crippen LogP contribution is -1.92. The molecular formula is C15H17FO3. The standard InChI is InChI=1S/C15H17FO3/c16-14-7-5-6-12-13(14)10-19-15(12)8-3-1-2-4-9-18-11-17/h5-7,10-11H,1-4,8-9H2. The summed E-state index contributed by atoms with van der Waals surface area (Å²) in [5, 5.41) is 1.42. The quantitative estimate of drug-likeness (QED) is 0.537. The fourth-order valence-corrected chi connectivity index (χ4v) is 2.16. The average molecular weight is 264 g/mol. The number of hydrogen-bond donors (Lipinski definition) is 0. The van der Waals surface area contributed by atoms with E-state index in [2.05, 4.69) is 4.74 Å². The van der Waals surface area contributed by atoms with Crippen molar-refractivity contribution >= 4 is 17.2 Å². The lowest BCUT2D eigenvalue weighted by molar-refractivity contribution is -0.128. The maximum absolute atomic E-state index is 13.5. The zero-order chi connectivity index (χ0) is 13.5. The molecule has 4 heteroatoms. The van der Waals surface area contributed by atoms with Crippen molar-refractivity contribution in [3.63, 3.8) is 0 Å². The van der Waals surface area contributed by atoms with Gasteiger partial charge in [-0.25, -0.2) is 4.39 Å². The number of unbranched alkanes of at least 4 members (excludes halogenated alkanes) is 3. The van der Waals surface area contributed by atoms with Gasteiger partial charge in [0.15, 0.2) is 0 Å². The minimum Gasteiger partial charge on any atom is -0.468 e. The van der Waals surface area contributed by atoms with Gasteiger partial charge in [-0.1, -0.05) is 25.0 Å². The van der Waals surface area contributed by atoms with Crippen LogP contribution in [0.4, 0.5) is 4.39 Å². The maximum atomic E-state index is 13.5. The van der Waals surface area contributed by atoms with E-state index in [1.165, 1.54) is 12.3 Å². The second-order valence-electron chi connectivity index (χ2n) is 4.49. The van der Waals surface area contributed by atoms with E-state index in [4.69, 9.17) is 4.42 Å². The zero-order valence-corrected chi connectivity index (χ0v) is 10.7. The molecule has 0 fully saturated rings. The summed E-state index contributed by atoms with van der Waals surface area (Å²) in [6.07, 6.45) is 6.21. The van der Waals surface area contributed by atoms with Gasteiger partial charge in [-0.3, -0.25) is 4.79 Å². The van der Waals surface area contributed by atoms with Crippen LogP contribution >= 0.6 is 0 Å². The third-order valence-corrected chi connectivity index (χ3v) is 3.16. The third kappa shape index (κ3) is 3.56. The fourth-order valence-electron chi connectivity index (χ4n) is 2.16. The number of benzene rings is 1. The summed E-state index contributed by atoms with van der Waals surface area (Å²) in [7, 11) is 0. The van der Waals surface area contributed by atoms with Gasteiger partial charge in [0, 0.05) is 11.8 Å². The first-order valence-corrected chi connectivity index (χ1v) is 6.53. The molecule has 3 nitrogen and oxygen atoms in total. The van der Waals surface area contributed by atoms with Crippen LogP contribution in [-0.2, 0) is 16.0 Å². The molecule has 0 aliphatic heterocycles. The summed E-state index contributed by atoms with van der Waals surface area (Å²) in [4.78, 5) is 9.94. The van der Waals surface area contributed by atoms with Crippen molar-refractivity contribution in [3.05, 3.63) is 36.0 Å². The molecule has 0 aliphatic carbocycles. The van der Waals surface area contributed by atoms with Gasteiger partial charge in [-0.2, -0.15) is 0 Å². The molecule has 0 atom stereocenters. The third-order valence-electron chi connectivity index (χ3n) is 3.16. The summed E-state index contributed by atoms with van der Waals surface area (Å²) in [6.45, 7) is 0.960. The van der Waals surface area contributed by atoms with Crippen molar-refractivity contribution in [2.45, 2.75) is 32.1 Å². The highest BCUT2D eigenvalue weighted by molar-refractivity contribution is 5.84. The Bertz CT molecular complexity index is 533. The fraction of sp³-hybridized carbons (Fsp3) is 0.400. The van der Waals surface area contributed by atoms with E-state index in [-0.39, 0.29) is 5.82 Å². The largest absolute Gasteiger partial charge is 0.468 e. The monoisotopic (exact) mass is 264 g/mol. The topological polar surface area (TPSA) is 39.4 Å². The Hall–Kier alpha value is -1.84. The molecule has 2 aromatic rings. The Balaban J connectivity index is 1.79. The molecule has 1 aromatic heterocycles. The van der Waals surface area contributed by atoms with E-state index < -0.39 is 0 Å². The van der Waals surface area contributed by atoms with Crippen molar-refractivity contribution in [3.8, 4) is 0 Å². The number of carbonyl (C=O) groups excluding carboxylic acids is 1. The summed E-state index contributed by atoms with van der Waals surface area (Å²) >= 11 is 0. The molecule has 0 spiro atoms. The number of carbonyl (C=O) groups is 1. The minimum atomic E-state index is -0.237. The van der Waals surface area contributed by atoms with E-state index in [9.17, 15) is 9.18 Å². The van der Waals surface area contributed by atoms with Crippen LogP contribution in [0.25, 0.3) is 10.8 Å². The SMILES string of the molecule is O=COCCCCCCc1occ2c(F)cccc12. The Morgan fingerprint density at radius 1 is 1.16 bits per heavy atom. The number of hydrogen-bond acceptors (Lipinski definition) is 3. The number of furan rings is 1. The number of fused-ring (bicyclic) bond motifs is 1. The molecule has 0 aliphatic rings. The van der Waals surface area contributed by atoms with Crippen molar-refractivity contribution in [2.24, 2.45) is 0 Å². The normalized spacial score (nSPS) is 10.8. The van der Waals surface area contributed by atoms with Gasteiger partial charge < -0.3 is 9.15 Å². The summed E-state index contributed by atoms with van der Waals surface area (Å²) < 4.78 is 23.5. The van der Waals surface area contributed by atoms with Crippen LogP contribution in [0.1, 0.15) is 31.4 Å². The smallest absolute Gasteiger partial charge is 0.293 e. The van der Waals surface area contributed by atoms with E-state index in [0.29, 0.717) is 18.5 Å². The molecule has 0 saturated heterocycles. The first-order chi connectivity index (χ1) is 9.33. The van der Waals surface area contributed by atoms with Gasteiger partial charge in [0.2, 0.25) is 0 Å². The molecule has 0 N–H and O–H groups in total. The average Bonchev–Trinajstić information content (AvgIpc) is 2.83. The van der Waals surface area contributed by atoms with Crippen LogP contribution in [0.15, 0.2) is 28.9 Å². The van der Waals surface area contributed by atoms with E-state index in [0.717, 1.165) is 43.3 Å². The predicted molar refractivity (Wildman–Crippen MR) is 70.4 cm³/mol. The maximum Gasteiger partial charge on any atom is 0.293 e. The number of rotatable bonds is 8. The van der Waals surface area contributed by atoms with Crippen LogP contribution in [0.2, 0.25) is 0 Å². The van der Waals surface area contributed by atoms with Gasteiger partial charge in [-0.15, -0.1) is 0 Å². The van der Waals surface area contributed by atoms with E-state index >= 15 is 0 Å². The summed E-state index contributed by atoms with van der Waals surface area (Å²) in [5.74, 6) is 0.608. The predicted octanol–water partition coefficient (Wildman–Crippen LogP) is 3.85. The highest BCUT2D eigenvalue weighted by atomic mass is 19.1. The van der Waals surface area contributed by atoms with Gasteiger partial charge in [0.25, 0.3) is 6.47 Å². The lowest BCUT2D eigenvalue weighted by Gasteiger charge is -2.00. The van der Waals surface area contributed by atoms with Crippen LogP contribution in [0.3, 0.4) is 0 Å². The minimum absolute atomic E-state index is 0.237. The molecular weight excluding hydrogens is 247 g/mol. The zero-order valence-electron chi connectivity index (χ0n) is 10.7. The Morgan fingerprint density at radius 3 is 2.84 bits per heavy atom. The molecule has 1 aromatic carbocycles. The van der Waals surface area contributed by atoms with Crippen LogP contribution in [0, 0.1) is 5.82 Å². The highest BCUT2D eigenvalue weighted by Gasteiger charge is 2.08. The molecule has 0 saturated carbocycles. The first-order valence-electron chi connectivity index (χ1n) is 6.53. The Morgan fingerprint density at radius 2 is 2.00 bits per heavy atom. The number of ether oxygens (including phenoxy) is 1. The van der Waals surface area contributed by atoms with Crippen molar-refractivity contribution in [1.82, 2.24) is 0 Å². The Kier molecular flexibility index (Phi) is 4.95. The van der Waals surface area contributed by atoms with E-state index in [1.54, 1.807) is 6.07 Å². The molecule has 102 valence electrons. The first kappa shape index (κ1) is 13.6. The molecule has 0 unspecified atom stereocenters. The van der Waals surface area contributed by atoms with E-state index in [1.807, 2.05) is 6.07 Å². The molecule has 1 heterocycles. The van der Waals surface area contributed by atoms with Crippen LogP contribution in [-0.4, -0.2) is 13.1 Å². The summed E-state index contributed by atoms with van der Waals surface area (Å²) in [5.41, 5.74) is 0. The van der Waals surface area contributed by atoms with Gasteiger partial charge in [-0.05, 0) is 18.9 Å². The molecule has 19 heavy (non-hydrogen) atoms. The number of halogens is 1. The van der Waals surface area contributed by atoms with Gasteiger partial charge in [0.1, 0.15) is 17.8 Å². The molecule has 2 rings (SSSR count). The van der Waals surface area contributed by atoms with Gasteiger partial charge in [0.05, 0.1) is 12.0 Å². The van der Waals surface area contributed by atoms with Crippen molar-refractivity contribution in [2.75, 3.05) is 6.61 Å². The van der Waals surface area contributed by atoms with Crippen LogP contribution < -0.4 is 0 Å². The number of aryl methyl sites for hydroxylation is 1.